The van der Waals surface area contributed by atoms with Crippen molar-refractivity contribution < 1.29 is 0 Å². The maximum Gasteiger partial charge on any atom is 0.0314 e. The van der Waals surface area contributed by atoms with Crippen LogP contribution in [0.25, 0.3) is 0 Å². The minimum absolute atomic E-state index is 0.176. The number of thioether (sulfide) groups is 1. The minimum Gasteiger partial charge on any atom is -0.399 e. The van der Waals surface area contributed by atoms with Crippen molar-refractivity contribution in [3.8, 4) is 0 Å². The second kappa shape index (κ2) is 5.54. The average Bonchev–Trinajstić information content (AvgIpc) is 2.82. The summed E-state index contributed by atoms with van der Waals surface area (Å²) in [6.07, 6.45) is 1.33. The molecule has 0 aliphatic carbocycles. The summed E-state index contributed by atoms with van der Waals surface area (Å²) in [4.78, 5) is 2.52. The Hall–Kier alpha value is -0.670. The molecule has 1 aromatic rings. The predicted octanol–water partition coefficient (Wildman–Crippen LogP) is 2.98. The van der Waals surface area contributed by atoms with E-state index in [9.17, 15) is 0 Å². The van der Waals surface area contributed by atoms with E-state index in [0.29, 0.717) is 0 Å². The number of nitrogens with zero attached hydrogens (tertiary/aromatic N) is 1. The highest BCUT2D eigenvalue weighted by Gasteiger charge is 2.27. The number of likely N-dealkylation sites (N-methyl/N-ethyl adjacent to an activating group) is 1. The maximum atomic E-state index is 5.76. The summed E-state index contributed by atoms with van der Waals surface area (Å²) in [6.45, 7) is 5.73. The Morgan fingerprint density at radius 3 is 2.56 bits per heavy atom. The molecule has 0 bridgehead atoms. The number of nitrogens with two attached hydrogens (primary N) is 1. The van der Waals surface area contributed by atoms with Crippen molar-refractivity contribution in [2.24, 2.45) is 0 Å². The first kappa shape index (κ1) is 13.8. The summed E-state index contributed by atoms with van der Waals surface area (Å²) in [7, 11) is 2.26. The fourth-order valence-electron chi connectivity index (χ4n) is 2.65. The zero-order valence-corrected chi connectivity index (χ0v) is 12.5. The number of hydrogen-bond donors (Lipinski definition) is 1. The lowest BCUT2D eigenvalue weighted by Gasteiger charge is -2.34. The number of anilines is 1. The van der Waals surface area contributed by atoms with Crippen LogP contribution in [0.5, 0.6) is 0 Å². The molecule has 1 aliphatic rings. The van der Waals surface area contributed by atoms with E-state index in [1.807, 2.05) is 12.1 Å². The third-order valence-electron chi connectivity index (χ3n) is 3.87. The van der Waals surface area contributed by atoms with E-state index >= 15 is 0 Å². The Kier molecular flexibility index (Phi) is 4.23. The summed E-state index contributed by atoms with van der Waals surface area (Å²) in [5, 5.41) is 0. The van der Waals surface area contributed by atoms with Gasteiger partial charge in [0.1, 0.15) is 0 Å². The van der Waals surface area contributed by atoms with E-state index in [0.717, 1.165) is 18.3 Å². The molecule has 1 atom stereocenters. The van der Waals surface area contributed by atoms with Crippen LogP contribution in [-0.4, -0.2) is 36.0 Å². The summed E-state index contributed by atoms with van der Waals surface area (Å²) < 4.78 is 0. The topological polar surface area (TPSA) is 29.3 Å². The number of benzene rings is 1. The van der Waals surface area contributed by atoms with Crippen molar-refractivity contribution in [1.29, 1.82) is 0 Å². The van der Waals surface area contributed by atoms with Gasteiger partial charge in [-0.3, -0.25) is 0 Å². The summed E-state index contributed by atoms with van der Waals surface area (Å²) in [6, 6.07) is 9.08. The Morgan fingerprint density at radius 2 is 2.00 bits per heavy atom. The Balaban J connectivity index is 2.03. The van der Waals surface area contributed by atoms with E-state index in [-0.39, 0.29) is 5.41 Å². The third kappa shape index (κ3) is 3.21. The number of hydrogen-bond acceptors (Lipinski definition) is 3. The molecule has 2 rings (SSSR count). The minimum atomic E-state index is 0.176. The molecule has 0 amide bonds. The summed E-state index contributed by atoms with van der Waals surface area (Å²) >= 11 is 2.08. The van der Waals surface area contributed by atoms with Crippen molar-refractivity contribution in [3.05, 3.63) is 29.8 Å². The number of nitrogen functional groups attached to an aromatic ring is 1. The SMILES string of the molecule is CN(CC(C)(C)c1ccc(N)cc1)C1CCSC1. The fraction of sp³-hybridized carbons (Fsp3) is 0.600. The molecule has 100 valence electrons. The van der Waals surface area contributed by atoms with E-state index in [1.54, 1.807) is 0 Å². The van der Waals surface area contributed by atoms with Gasteiger partial charge in [0.25, 0.3) is 0 Å². The van der Waals surface area contributed by atoms with Crippen molar-refractivity contribution in [3.63, 3.8) is 0 Å². The molecule has 1 aromatic carbocycles. The van der Waals surface area contributed by atoms with Crippen molar-refractivity contribution in [2.45, 2.75) is 31.7 Å². The number of rotatable bonds is 4. The molecule has 0 radical (unpaired) electrons. The first-order chi connectivity index (χ1) is 8.49. The van der Waals surface area contributed by atoms with E-state index in [2.05, 4.69) is 49.7 Å². The second-order valence-corrected chi connectivity index (χ2v) is 7.09. The van der Waals surface area contributed by atoms with Gasteiger partial charge in [0.2, 0.25) is 0 Å². The van der Waals surface area contributed by atoms with Crippen LogP contribution in [0.2, 0.25) is 0 Å². The quantitative estimate of drug-likeness (QED) is 0.848. The van der Waals surface area contributed by atoms with Crippen molar-refractivity contribution in [1.82, 2.24) is 4.90 Å². The zero-order valence-electron chi connectivity index (χ0n) is 11.6. The van der Waals surface area contributed by atoms with Crippen molar-refractivity contribution >= 4 is 17.4 Å². The first-order valence-electron chi connectivity index (χ1n) is 6.63. The molecule has 18 heavy (non-hydrogen) atoms. The van der Waals surface area contributed by atoms with E-state index in [4.69, 9.17) is 5.73 Å². The van der Waals surface area contributed by atoms with Crippen molar-refractivity contribution in [2.75, 3.05) is 30.8 Å². The molecule has 3 heteroatoms. The Labute approximate surface area is 115 Å². The molecule has 1 saturated heterocycles. The first-order valence-corrected chi connectivity index (χ1v) is 7.78. The lowest BCUT2D eigenvalue weighted by Crippen LogP contribution is -2.40. The van der Waals surface area contributed by atoms with Gasteiger partial charge >= 0.3 is 0 Å². The highest BCUT2D eigenvalue weighted by atomic mass is 32.2. The van der Waals surface area contributed by atoms with E-state index < -0.39 is 0 Å². The second-order valence-electron chi connectivity index (χ2n) is 5.94. The molecule has 2 N–H and O–H groups in total. The predicted molar refractivity (Wildman–Crippen MR) is 82.2 cm³/mol. The van der Waals surface area contributed by atoms with Crippen LogP contribution in [0.15, 0.2) is 24.3 Å². The van der Waals surface area contributed by atoms with Gasteiger partial charge in [0.05, 0.1) is 0 Å². The van der Waals surface area contributed by atoms with Crippen LogP contribution >= 0.6 is 11.8 Å². The third-order valence-corrected chi connectivity index (χ3v) is 5.01. The standard InChI is InChI=1S/C15H24N2S/c1-15(2,12-4-6-13(16)7-5-12)11-17(3)14-8-9-18-10-14/h4-7,14H,8-11,16H2,1-3H3. The highest BCUT2D eigenvalue weighted by molar-refractivity contribution is 7.99. The van der Waals surface area contributed by atoms with Gasteiger partial charge in [-0.05, 0) is 36.9 Å². The van der Waals surface area contributed by atoms with Crippen LogP contribution in [0.4, 0.5) is 5.69 Å². The van der Waals surface area contributed by atoms with Crippen LogP contribution in [0, 0.1) is 0 Å². The highest BCUT2D eigenvalue weighted by Crippen LogP contribution is 2.28. The Morgan fingerprint density at radius 1 is 1.33 bits per heavy atom. The largest absolute Gasteiger partial charge is 0.399 e. The Bertz CT molecular complexity index is 380. The van der Waals surface area contributed by atoms with Gasteiger partial charge in [-0.25, -0.2) is 0 Å². The van der Waals surface area contributed by atoms with Gasteiger partial charge in [-0.1, -0.05) is 26.0 Å². The van der Waals surface area contributed by atoms with Gasteiger partial charge in [-0.2, -0.15) is 11.8 Å². The van der Waals surface area contributed by atoms with Crippen LogP contribution in [-0.2, 0) is 5.41 Å². The summed E-state index contributed by atoms with van der Waals surface area (Å²) in [5.41, 5.74) is 8.15. The van der Waals surface area contributed by atoms with Gasteiger partial charge in [0, 0.05) is 29.4 Å². The smallest absolute Gasteiger partial charge is 0.0314 e. The molecule has 1 unspecified atom stereocenters. The molecule has 1 fully saturated rings. The maximum absolute atomic E-state index is 5.76. The molecule has 0 saturated carbocycles. The van der Waals surface area contributed by atoms with Crippen LogP contribution < -0.4 is 5.73 Å². The molecular weight excluding hydrogens is 240 g/mol. The van der Waals surface area contributed by atoms with Gasteiger partial charge in [0.15, 0.2) is 0 Å². The summed E-state index contributed by atoms with van der Waals surface area (Å²) in [5.74, 6) is 2.60. The lowest BCUT2D eigenvalue weighted by atomic mass is 9.84. The molecule has 0 spiro atoms. The normalized spacial score (nSPS) is 20.6. The molecule has 0 aromatic heterocycles. The molecule has 1 heterocycles. The van der Waals surface area contributed by atoms with Crippen LogP contribution in [0.3, 0.4) is 0 Å². The lowest BCUT2D eigenvalue weighted by molar-refractivity contribution is 0.215. The monoisotopic (exact) mass is 264 g/mol. The average molecular weight is 264 g/mol. The molecule has 2 nitrogen and oxygen atoms in total. The molecular formula is C15H24N2S. The fourth-order valence-corrected chi connectivity index (χ4v) is 3.95. The zero-order chi connectivity index (χ0) is 13.2. The van der Waals surface area contributed by atoms with Gasteiger partial charge in [-0.15, -0.1) is 0 Å². The van der Waals surface area contributed by atoms with E-state index in [1.165, 1.54) is 23.5 Å². The van der Waals surface area contributed by atoms with Gasteiger partial charge < -0.3 is 10.6 Å². The molecule has 1 aliphatic heterocycles. The van der Waals surface area contributed by atoms with Crippen LogP contribution in [0.1, 0.15) is 25.8 Å².